The van der Waals surface area contributed by atoms with Gasteiger partial charge in [0.25, 0.3) is 0 Å². The second-order valence-corrected chi connectivity index (χ2v) is 10.0. The highest BCUT2D eigenvalue weighted by Crippen LogP contribution is 2.32. The number of nitrogens with zero attached hydrogens (tertiary/aromatic N) is 1. The number of methoxy groups -OCH3 is 1. The quantitative estimate of drug-likeness (QED) is 0.622. The average molecular weight is 469 g/mol. The summed E-state index contributed by atoms with van der Waals surface area (Å²) in [5.41, 5.74) is 2.63. The second kappa shape index (κ2) is 9.85. The number of benzene rings is 2. The predicted molar refractivity (Wildman–Crippen MR) is 122 cm³/mol. The van der Waals surface area contributed by atoms with Crippen LogP contribution in [0.3, 0.4) is 0 Å². The summed E-state index contributed by atoms with van der Waals surface area (Å²) in [6.45, 7) is 9.16. The normalized spacial score (nSPS) is 13.6. The lowest BCUT2D eigenvalue weighted by molar-refractivity contribution is -0.122. The van der Waals surface area contributed by atoms with Gasteiger partial charge < -0.3 is 10.1 Å². The predicted octanol–water partition coefficient (Wildman–Crippen LogP) is 4.44. The summed E-state index contributed by atoms with van der Waals surface area (Å²) in [6.07, 6.45) is 0.907. The van der Waals surface area contributed by atoms with Gasteiger partial charge in [-0.2, -0.15) is 0 Å². The van der Waals surface area contributed by atoms with Crippen molar-refractivity contribution in [2.75, 3.05) is 17.7 Å². The summed E-state index contributed by atoms with van der Waals surface area (Å²) >= 11 is 0. The molecule has 1 N–H and O–H groups in total. The summed E-state index contributed by atoms with van der Waals surface area (Å²) in [7, 11) is -2.36. The number of carbonyl (C=O) groups is 1. The van der Waals surface area contributed by atoms with E-state index in [0.29, 0.717) is 0 Å². The molecule has 0 aliphatic rings. The van der Waals surface area contributed by atoms with Crippen LogP contribution in [-0.2, 0) is 14.8 Å². The Hall–Kier alpha value is -2.68. The zero-order chi connectivity index (χ0) is 24.4. The number of carbonyl (C=O) groups excluding carboxylic acids is 1. The van der Waals surface area contributed by atoms with Gasteiger partial charge in [-0.15, -0.1) is 0 Å². The molecule has 0 saturated heterocycles. The third-order valence-corrected chi connectivity index (χ3v) is 6.55. The first-order valence-corrected chi connectivity index (χ1v) is 12.1. The van der Waals surface area contributed by atoms with Crippen molar-refractivity contribution in [2.24, 2.45) is 0 Å². The molecule has 2 rings (SSSR count). The van der Waals surface area contributed by atoms with Crippen molar-refractivity contribution in [3.8, 4) is 5.75 Å². The van der Waals surface area contributed by atoms with Crippen LogP contribution < -0.4 is 14.4 Å². The summed E-state index contributed by atoms with van der Waals surface area (Å²) in [6, 6.07) is 4.95. The molecule has 32 heavy (non-hydrogen) atoms. The summed E-state index contributed by atoms with van der Waals surface area (Å²) in [5, 5.41) is 2.84. The van der Waals surface area contributed by atoms with Gasteiger partial charge in [0.2, 0.25) is 15.9 Å². The number of sulfonamides is 1. The Kier molecular flexibility index (Phi) is 7.88. The molecule has 2 atom stereocenters. The lowest BCUT2D eigenvalue weighted by atomic mass is 9.93. The molecule has 0 fully saturated rings. The van der Waals surface area contributed by atoms with Gasteiger partial charge in [-0.25, -0.2) is 17.2 Å². The zero-order valence-electron chi connectivity index (χ0n) is 19.4. The molecule has 0 radical (unpaired) electrons. The Labute approximate surface area is 188 Å². The average Bonchev–Trinajstić information content (AvgIpc) is 2.68. The highest BCUT2D eigenvalue weighted by Gasteiger charge is 2.31. The molecule has 0 saturated carbocycles. The zero-order valence-corrected chi connectivity index (χ0v) is 20.2. The van der Waals surface area contributed by atoms with Crippen LogP contribution in [0.25, 0.3) is 0 Å². The lowest BCUT2D eigenvalue weighted by Crippen LogP contribution is -2.48. The molecule has 1 amide bonds. The number of ether oxygens (including phenoxy) is 1. The maximum atomic E-state index is 13.7. The van der Waals surface area contributed by atoms with Gasteiger partial charge in [0, 0.05) is 6.07 Å². The smallest absolute Gasteiger partial charge is 0.244 e. The van der Waals surface area contributed by atoms with Crippen LogP contribution in [0.5, 0.6) is 5.75 Å². The molecule has 2 aromatic rings. The fourth-order valence-corrected chi connectivity index (χ4v) is 4.82. The monoisotopic (exact) mass is 468 g/mol. The van der Waals surface area contributed by atoms with Crippen LogP contribution in [0.1, 0.15) is 56.3 Å². The SMILES string of the molecule is COc1cc(C)c(C(C)NC(=O)C(C)N(c2ccc(F)c(F)c2)S(C)(=O)=O)cc1C(C)C. The fraction of sp³-hybridized carbons (Fsp3) is 0.435. The first kappa shape index (κ1) is 25.6. The third kappa shape index (κ3) is 5.56. The van der Waals surface area contributed by atoms with E-state index < -0.39 is 39.6 Å². The highest BCUT2D eigenvalue weighted by molar-refractivity contribution is 7.92. The van der Waals surface area contributed by atoms with Crippen molar-refractivity contribution in [3.05, 3.63) is 58.7 Å². The second-order valence-electron chi connectivity index (χ2n) is 8.17. The van der Waals surface area contributed by atoms with Gasteiger partial charge in [0.05, 0.1) is 25.1 Å². The van der Waals surface area contributed by atoms with E-state index in [1.54, 1.807) is 14.0 Å². The summed E-state index contributed by atoms with van der Waals surface area (Å²) in [4.78, 5) is 13.0. The summed E-state index contributed by atoms with van der Waals surface area (Å²) in [5.74, 6) is -1.93. The maximum absolute atomic E-state index is 13.7. The van der Waals surface area contributed by atoms with E-state index >= 15 is 0 Å². The van der Waals surface area contributed by atoms with E-state index in [0.717, 1.165) is 51.2 Å². The fourth-order valence-electron chi connectivity index (χ4n) is 3.65. The van der Waals surface area contributed by atoms with Gasteiger partial charge in [0.15, 0.2) is 11.6 Å². The van der Waals surface area contributed by atoms with E-state index in [4.69, 9.17) is 4.74 Å². The molecule has 176 valence electrons. The van der Waals surface area contributed by atoms with Crippen molar-refractivity contribution in [1.29, 1.82) is 0 Å². The molecular formula is C23H30F2N2O4S. The largest absolute Gasteiger partial charge is 0.496 e. The molecule has 2 unspecified atom stereocenters. The Morgan fingerprint density at radius 3 is 2.16 bits per heavy atom. The van der Waals surface area contributed by atoms with Crippen molar-refractivity contribution >= 4 is 21.6 Å². The van der Waals surface area contributed by atoms with E-state index in [-0.39, 0.29) is 11.6 Å². The number of hydrogen-bond donors (Lipinski definition) is 1. The van der Waals surface area contributed by atoms with Crippen LogP contribution in [-0.4, -0.2) is 33.7 Å². The standard InChI is InChI=1S/C23H30F2N2O4S/c1-13(2)18-12-19(14(3)10-22(18)31-6)15(4)26-23(28)16(5)27(32(7,29)30)17-8-9-20(24)21(25)11-17/h8-13,15-16H,1-7H3,(H,26,28). The number of halogens is 2. The summed E-state index contributed by atoms with van der Waals surface area (Å²) < 4.78 is 58.1. The maximum Gasteiger partial charge on any atom is 0.244 e. The number of hydrogen-bond acceptors (Lipinski definition) is 4. The van der Waals surface area contributed by atoms with Crippen LogP contribution in [0.15, 0.2) is 30.3 Å². The molecule has 2 aromatic carbocycles. The van der Waals surface area contributed by atoms with Crippen molar-refractivity contribution in [3.63, 3.8) is 0 Å². The van der Waals surface area contributed by atoms with E-state index in [2.05, 4.69) is 5.32 Å². The van der Waals surface area contributed by atoms with Crippen molar-refractivity contribution in [1.82, 2.24) is 5.32 Å². The van der Waals surface area contributed by atoms with E-state index in [1.165, 1.54) is 6.92 Å². The van der Waals surface area contributed by atoms with Crippen molar-refractivity contribution in [2.45, 2.75) is 52.6 Å². The number of amides is 1. The Balaban J connectivity index is 2.35. The van der Waals surface area contributed by atoms with Gasteiger partial charge >= 0.3 is 0 Å². The molecule has 0 spiro atoms. The van der Waals surface area contributed by atoms with Crippen LogP contribution in [0, 0.1) is 18.6 Å². The van der Waals surface area contributed by atoms with Gasteiger partial charge in [0.1, 0.15) is 11.8 Å². The van der Waals surface area contributed by atoms with Crippen LogP contribution in [0.2, 0.25) is 0 Å². The molecule has 0 aliphatic heterocycles. The number of nitrogens with one attached hydrogen (secondary N) is 1. The van der Waals surface area contributed by atoms with E-state index in [1.807, 2.05) is 32.9 Å². The third-order valence-electron chi connectivity index (χ3n) is 5.31. The Bertz CT molecular complexity index is 1100. The molecule has 0 heterocycles. The minimum absolute atomic E-state index is 0.135. The highest BCUT2D eigenvalue weighted by atomic mass is 32.2. The number of rotatable bonds is 8. The first-order chi connectivity index (χ1) is 14.8. The minimum Gasteiger partial charge on any atom is -0.496 e. The van der Waals surface area contributed by atoms with Gasteiger partial charge in [-0.3, -0.25) is 9.10 Å². The Morgan fingerprint density at radius 1 is 1.03 bits per heavy atom. The molecule has 0 aliphatic carbocycles. The number of anilines is 1. The van der Waals surface area contributed by atoms with Gasteiger partial charge in [-0.05, 0) is 67.6 Å². The molecule has 0 bridgehead atoms. The topological polar surface area (TPSA) is 75.7 Å². The van der Waals surface area contributed by atoms with Crippen LogP contribution >= 0.6 is 0 Å². The van der Waals surface area contributed by atoms with Crippen molar-refractivity contribution < 1.29 is 26.7 Å². The first-order valence-electron chi connectivity index (χ1n) is 10.2. The molecule has 6 nitrogen and oxygen atoms in total. The number of aryl methyl sites for hydroxylation is 1. The lowest BCUT2D eigenvalue weighted by Gasteiger charge is -2.29. The molecule has 0 aromatic heterocycles. The van der Waals surface area contributed by atoms with Crippen LogP contribution in [0.4, 0.5) is 14.5 Å². The van der Waals surface area contributed by atoms with Gasteiger partial charge in [-0.1, -0.05) is 13.8 Å². The molecule has 9 heteroatoms. The van der Waals surface area contributed by atoms with E-state index in [9.17, 15) is 22.0 Å². The minimum atomic E-state index is -3.96. The Morgan fingerprint density at radius 2 is 1.66 bits per heavy atom. The molecular weight excluding hydrogens is 438 g/mol.